The maximum Gasteiger partial charge on any atom is 0.337 e. The number of ether oxygens (including phenoxy) is 3. The molecule has 1 aromatic heterocycles. The maximum absolute atomic E-state index is 11.6. The van der Waals surface area contributed by atoms with E-state index in [9.17, 15) is 9.90 Å². The number of hydrogen-bond donors (Lipinski definition) is 1. The van der Waals surface area contributed by atoms with Gasteiger partial charge in [0.2, 0.25) is 0 Å². The van der Waals surface area contributed by atoms with E-state index < -0.39 is 6.10 Å². The first-order valence-electron chi connectivity index (χ1n) is 12.2. The number of benzene rings is 2. The molecule has 3 aliphatic rings. The van der Waals surface area contributed by atoms with Gasteiger partial charge >= 0.3 is 5.97 Å². The minimum absolute atomic E-state index is 0.105. The van der Waals surface area contributed by atoms with E-state index in [1.54, 1.807) is 25.4 Å². The third-order valence-electron chi connectivity index (χ3n) is 7.63. The zero-order valence-corrected chi connectivity index (χ0v) is 20.2. The van der Waals surface area contributed by atoms with Crippen molar-refractivity contribution in [2.45, 2.75) is 31.4 Å². The van der Waals surface area contributed by atoms with Gasteiger partial charge in [-0.1, -0.05) is 0 Å². The molecule has 2 bridgehead atoms. The lowest BCUT2D eigenvalue weighted by molar-refractivity contribution is -0.0593. The molecule has 3 fully saturated rings. The quantitative estimate of drug-likeness (QED) is 0.487. The fourth-order valence-corrected chi connectivity index (χ4v) is 5.71. The summed E-state index contributed by atoms with van der Waals surface area (Å²) in [5, 5.41) is 12.4. The first kappa shape index (κ1) is 23.6. The van der Waals surface area contributed by atoms with E-state index in [0.29, 0.717) is 24.0 Å². The molecule has 7 nitrogen and oxygen atoms in total. The molecule has 2 aromatic carbocycles. The summed E-state index contributed by atoms with van der Waals surface area (Å²) in [5.41, 5.74) is 2.30. The van der Waals surface area contributed by atoms with Crippen molar-refractivity contribution in [3.63, 3.8) is 0 Å². The molecule has 5 atom stereocenters. The van der Waals surface area contributed by atoms with E-state index in [4.69, 9.17) is 14.2 Å². The molecule has 7 heteroatoms. The van der Waals surface area contributed by atoms with Crippen LogP contribution in [0, 0.1) is 11.8 Å². The van der Waals surface area contributed by atoms with Crippen LogP contribution < -0.4 is 9.47 Å². The number of pyridine rings is 1. The van der Waals surface area contributed by atoms with Crippen molar-refractivity contribution in [2.75, 3.05) is 33.9 Å². The van der Waals surface area contributed by atoms with Crippen LogP contribution in [0.5, 0.6) is 11.5 Å². The van der Waals surface area contributed by atoms with Gasteiger partial charge in [-0.25, -0.2) is 4.79 Å². The average Bonchev–Trinajstić information content (AvgIpc) is 2.92. The molecular formula is C28H32N2O5. The fraction of sp³-hybridized carbons (Fsp3) is 0.429. The van der Waals surface area contributed by atoms with E-state index in [0.717, 1.165) is 60.3 Å². The molecule has 0 amide bonds. The first-order chi connectivity index (χ1) is 17.1. The van der Waals surface area contributed by atoms with Crippen molar-refractivity contribution in [1.29, 1.82) is 0 Å². The molecule has 1 N–H and O–H groups in total. The van der Waals surface area contributed by atoms with Crippen molar-refractivity contribution in [2.24, 2.45) is 11.8 Å². The fourth-order valence-electron chi connectivity index (χ4n) is 5.71. The lowest BCUT2D eigenvalue weighted by Gasteiger charge is -2.51. The Hall–Kier alpha value is -3.16. The maximum atomic E-state index is 11.6. The number of aromatic nitrogens is 1. The number of hydrogen-bond acceptors (Lipinski definition) is 7. The molecule has 0 radical (unpaired) electrons. The normalized spacial score (nSPS) is 24.2. The van der Waals surface area contributed by atoms with Crippen LogP contribution in [-0.4, -0.2) is 60.9 Å². The Kier molecular flexibility index (Phi) is 6.88. The number of carbonyl (C=O) groups excluding carboxylic acids is 1. The molecule has 6 rings (SSSR count). The smallest absolute Gasteiger partial charge is 0.337 e. The topological polar surface area (TPSA) is 81.1 Å². The van der Waals surface area contributed by atoms with Crippen molar-refractivity contribution in [1.82, 2.24) is 9.88 Å². The van der Waals surface area contributed by atoms with Crippen LogP contribution in [0.2, 0.25) is 0 Å². The van der Waals surface area contributed by atoms with Gasteiger partial charge in [-0.05, 0) is 91.7 Å². The predicted octanol–water partition coefficient (Wildman–Crippen LogP) is 4.24. The Morgan fingerprint density at radius 1 is 1.14 bits per heavy atom. The second-order valence-electron chi connectivity index (χ2n) is 9.49. The Morgan fingerprint density at radius 2 is 1.94 bits per heavy atom. The molecule has 3 aliphatic heterocycles. The third-order valence-corrected chi connectivity index (χ3v) is 7.63. The minimum atomic E-state index is -0.569. The number of methoxy groups -OCH3 is 2. The highest BCUT2D eigenvalue weighted by Gasteiger charge is 2.43. The molecule has 0 spiro atoms. The number of rotatable bonds is 8. The Labute approximate surface area is 205 Å². The van der Waals surface area contributed by atoms with Gasteiger partial charge in [0.25, 0.3) is 0 Å². The van der Waals surface area contributed by atoms with E-state index >= 15 is 0 Å². The van der Waals surface area contributed by atoms with Crippen molar-refractivity contribution in [3.05, 3.63) is 65.9 Å². The van der Waals surface area contributed by atoms with Gasteiger partial charge in [0, 0.05) is 24.2 Å². The summed E-state index contributed by atoms with van der Waals surface area (Å²) < 4.78 is 16.1. The number of carbonyl (C=O) groups is 1. The largest absolute Gasteiger partial charge is 0.497 e. The van der Waals surface area contributed by atoms with E-state index in [1.165, 1.54) is 7.11 Å². The molecule has 0 saturated carbocycles. The monoisotopic (exact) mass is 476 g/mol. The first-order valence-corrected chi connectivity index (χ1v) is 12.2. The third kappa shape index (κ3) is 4.83. The summed E-state index contributed by atoms with van der Waals surface area (Å²) in [4.78, 5) is 18.5. The number of fused-ring (bicyclic) bond motifs is 4. The number of piperidine rings is 3. The summed E-state index contributed by atoms with van der Waals surface area (Å²) in [6, 6.07) is 14.9. The van der Waals surface area contributed by atoms with Crippen LogP contribution in [0.3, 0.4) is 0 Å². The van der Waals surface area contributed by atoms with Crippen LogP contribution in [0.1, 0.15) is 41.3 Å². The second-order valence-corrected chi connectivity index (χ2v) is 9.49. The number of nitrogens with zero attached hydrogens (tertiary/aromatic N) is 2. The summed E-state index contributed by atoms with van der Waals surface area (Å²) in [6.45, 7) is 2.63. The lowest BCUT2D eigenvalue weighted by atomic mass is 9.72. The van der Waals surface area contributed by atoms with Gasteiger partial charge in [-0.3, -0.25) is 9.88 Å². The van der Waals surface area contributed by atoms with Crippen LogP contribution >= 0.6 is 0 Å². The Bertz CT molecular complexity index is 1180. The molecule has 3 aromatic rings. The predicted molar refractivity (Wildman–Crippen MR) is 133 cm³/mol. The van der Waals surface area contributed by atoms with Gasteiger partial charge in [0.05, 0.1) is 38.0 Å². The van der Waals surface area contributed by atoms with Crippen LogP contribution in [0.15, 0.2) is 54.7 Å². The van der Waals surface area contributed by atoms with Crippen LogP contribution in [0.25, 0.3) is 10.9 Å². The SMILES string of the molecule is COC(=O)c1ccc(OCC[C@@H]2CN3CCC2CC3[C@@H](O)c2ccnc3ccc(OC)cc23)cc1. The molecule has 184 valence electrons. The van der Waals surface area contributed by atoms with Crippen molar-refractivity contribution < 1.29 is 24.1 Å². The van der Waals surface area contributed by atoms with Gasteiger partial charge in [-0.2, -0.15) is 0 Å². The van der Waals surface area contributed by atoms with Gasteiger partial charge in [-0.15, -0.1) is 0 Å². The molecule has 3 saturated heterocycles. The van der Waals surface area contributed by atoms with E-state index in [-0.39, 0.29) is 12.0 Å². The van der Waals surface area contributed by atoms with Crippen molar-refractivity contribution >= 4 is 16.9 Å². The molecule has 3 unspecified atom stereocenters. The van der Waals surface area contributed by atoms with E-state index in [1.807, 2.05) is 36.4 Å². The molecular weight excluding hydrogens is 444 g/mol. The average molecular weight is 477 g/mol. The lowest BCUT2D eigenvalue weighted by Crippen LogP contribution is -2.55. The number of esters is 1. The van der Waals surface area contributed by atoms with Crippen LogP contribution in [0.4, 0.5) is 0 Å². The highest BCUT2D eigenvalue weighted by Crippen LogP contribution is 2.43. The Morgan fingerprint density at radius 3 is 2.66 bits per heavy atom. The van der Waals surface area contributed by atoms with Gasteiger partial charge in [0.1, 0.15) is 11.5 Å². The molecule has 0 aliphatic carbocycles. The summed E-state index contributed by atoms with van der Waals surface area (Å²) in [6.07, 6.45) is 4.32. The molecule has 4 heterocycles. The minimum Gasteiger partial charge on any atom is -0.497 e. The number of aliphatic hydroxyl groups excluding tert-OH is 1. The Balaban J connectivity index is 1.21. The highest BCUT2D eigenvalue weighted by molar-refractivity contribution is 5.89. The zero-order valence-electron chi connectivity index (χ0n) is 20.2. The summed E-state index contributed by atoms with van der Waals surface area (Å²) in [7, 11) is 3.03. The zero-order chi connectivity index (χ0) is 24.4. The van der Waals surface area contributed by atoms with Crippen molar-refractivity contribution in [3.8, 4) is 11.5 Å². The second kappa shape index (κ2) is 10.2. The van der Waals surface area contributed by atoms with Gasteiger partial charge in [0.15, 0.2) is 0 Å². The molecule has 35 heavy (non-hydrogen) atoms. The van der Waals surface area contributed by atoms with Gasteiger partial charge < -0.3 is 19.3 Å². The highest BCUT2D eigenvalue weighted by atomic mass is 16.5. The van der Waals surface area contributed by atoms with Crippen LogP contribution in [-0.2, 0) is 4.74 Å². The standard InChI is InChI=1S/C28H32N2O5/c1-33-22-7-8-25-24(16-22)23(9-12-29-25)27(31)26-15-19-10-13-30(26)17-20(19)11-14-35-21-5-3-18(4-6-21)28(32)34-2/h3-9,12,16,19-20,26-27,31H,10-11,13-15,17H2,1-2H3/t19?,20-,26?,27+/m1/s1. The summed E-state index contributed by atoms with van der Waals surface area (Å²) >= 11 is 0. The van der Waals surface area contributed by atoms with E-state index in [2.05, 4.69) is 9.88 Å². The summed E-state index contributed by atoms with van der Waals surface area (Å²) in [5.74, 6) is 2.31. The number of aliphatic hydroxyl groups is 1.